The van der Waals surface area contributed by atoms with Gasteiger partial charge in [-0.25, -0.2) is 8.42 Å². The van der Waals surface area contributed by atoms with Crippen molar-refractivity contribution in [3.05, 3.63) is 47.2 Å². The maximum absolute atomic E-state index is 12.9. The molecule has 0 amide bonds. The van der Waals surface area contributed by atoms with E-state index in [4.69, 9.17) is 0 Å². The number of aromatic nitrogens is 2. The number of benzene rings is 1. The van der Waals surface area contributed by atoms with Gasteiger partial charge in [0.05, 0.1) is 16.6 Å². The van der Waals surface area contributed by atoms with Crippen LogP contribution in [0.2, 0.25) is 0 Å². The fourth-order valence-corrected chi connectivity index (χ4v) is 4.63. The first-order valence-corrected chi connectivity index (χ1v) is 10.4. The minimum Gasteiger partial charge on any atom is -0.352 e. The zero-order valence-electron chi connectivity index (χ0n) is 15.4. The van der Waals surface area contributed by atoms with Crippen LogP contribution in [-0.4, -0.2) is 49.1 Å². The Morgan fingerprint density at radius 3 is 2.35 bits per heavy atom. The molecule has 1 aliphatic heterocycles. The van der Waals surface area contributed by atoms with Crippen LogP contribution in [0.5, 0.6) is 0 Å². The van der Waals surface area contributed by atoms with Crippen molar-refractivity contribution in [3.63, 3.8) is 0 Å². The van der Waals surface area contributed by atoms with Crippen LogP contribution in [0.1, 0.15) is 35.6 Å². The molecule has 1 saturated heterocycles. The first-order valence-electron chi connectivity index (χ1n) is 9.00. The largest absolute Gasteiger partial charge is 0.352 e. The second kappa shape index (κ2) is 6.32. The van der Waals surface area contributed by atoms with Crippen molar-refractivity contribution >= 4 is 15.8 Å². The molecule has 7 heteroatoms. The molecule has 0 atom stereocenters. The Morgan fingerprint density at radius 2 is 1.77 bits per heavy atom. The van der Waals surface area contributed by atoms with Crippen LogP contribution in [0.3, 0.4) is 0 Å². The lowest BCUT2D eigenvalue weighted by Gasteiger charge is -2.43. The molecule has 6 nitrogen and oxygen atoms in total. The Labute approximate surface area is 154 Å². The minimum atomic E-state index is -3.48. The molecule has 2 heterocycles. The van der Waals surface area contributed by atoms with Crippen molar-refractivity contribution in [1.82, 2.24) is 14.5 Å². The van der Waals surface area contributed by atoms with Crippen LogP contribution >= 0.6 is 0 Å². The van der Waals surface area contributed by atoms with Crippen LogP contribution in [0.15, 0.2) is 35.2 Å². The summed E-state index contributed by atoms with van der Waals surface area (Å²) in [6.45, 7) is 5.19. The molecule has 0 N–H and O–H groups in total. The van der Waals surface area contributed by atoms with Crippen molar-refractivity contribution in [1.29, 1.82) is 0 Å². The zero-order valence-corrected chi connectivity index (χ0v) is 16.2. The Morgan fingerprint density at radius 1 is 1.04 bits per heavy atom. The summed E-state index contributed by atoms with van der Waals surface area (Å²) in [6, 6.07) is 9.29. The number of hydrogen-bond donors (Lipinski definition) is 0. The van der Waals surface area contributed by atoms with E-state index in [-0.39, 0.29) is 6.04 Å². The summed E-state index contributed by atoms with van der Waals surface area (Å²) in [5, 5.41) is 8.61. The number of sulfonamides is 1. The lowest BCUT2D eigenvalue weighted by atomic mass is 10.1. The van der Waals surface area contributed by atoms with Gasteiger partial charge >= 0.3 is 0 Å². The average Bonchev–Trinajstić information content (AvgIpc) is 3.41. The van der Waals surface area contributed by atoms with Gasteiger partial charge in [-0.05, 0) is 62.1 Å². The summed E-state index contributed by atoms with van der Waals surface area (Å²) in [4.78, 5) is 2.43. The molecule has 1 saturated carbocycles. The first kappa shape index (κ1) is 17.4. The van der Waals surface area contributed by atoms with Gasteiger partial charge in [-0.1, -0.05) is 6.07 Å². The smallest absolute Gasteiger partial charge is 0.243 e. The third kappa shape index (κ3) is 3.10. The molecule has 2 fully saturated rings. The van der Waals surface area contributed by atoms with Crippen LogP contribution in [0, 0.1) is 13.8 Å². The van der Waals surface area contributed by atoms with Crippen LogP contribution in [0.25, 0.3) is 0 Å². The van der Waals surface area contributed by atoms with Gasteiger partial charge in [-0.3, -0.25) is 0 Å². The highest BCUT2D eigenvalue weighted by Crippen LogP contribution is 2.39. The summed E-state index contributed by atoms with van der Waals surface area (Å²) in [5.74, 6) is 1.41. The predicted octanol–water partition coefficient (Wildman–Crippen LogP) is 2.48. The quantitative estimate of drug-likeness (QED) is 0.807. The summed E-state index contributed by atoms with van der Waals surface area (Å²) in [6.07, 6.45) is 2.42. The second-order valence-corrected chi connectivity index (χ2v) is 9.41. The van der Waals surface area contributed by atoms with E-state index in [0.717, 1.165) is 22.6 Å². The summed E-state index contributed by atoms with van der Waals surface area (Å²) >= 11 is 0. The molecule has 1 aromatic heterocycles. The van der Waals surface area contributed by atoms with Gasteiger partial charge in [0, 0.05) is 26.1 Å². The minimum absolute atomic E-state index is 0.0495. The number of anilines is 1. The third-order valence-electron chi connectivity index (χ3n) is 5.52. The summed E-state index contributed by atoms with van der Waals surface area (Å²) in [7, 11) is -1.82. The summed E-state index contributed by atoms with van der Waals surface area (Å²) < 4.78 is 27.2. The van der Waals surface area contributed by atoms with Gasteiger partial charge in [0.25, 0.3) is 0 Å². The molecule has 4 rings (SSSR count). The molecule has 1 aromatic carbocycles. The zero-order chi connectivity index (χ0) is 18.5. The van der Waals surface area contributed by atoms with Crippen molar-refractivity contribution in [2.24, 2.45) is 0 Å². The molecule has 0 spiro atoms. The fraction of sp³-hybridized carbons (Fsp3) is 0.474. The molecule has 0 unspecified atom stereocenters. The molecule has 2 aliphatic rings. The normalized spacial score (nSPS) is 18.2. The lowest BCUT2D eigenvalue weighted by molar-refractivity contribution is 0.309. The van der Waals surface area contributed by atoms with Gasteiger partial charge in [0.2, 0.25) is 10.0 Å². The Bertz CT molecular complexity index is 917. The SMILES string of the molecule is Cc1ccc(S(=O)(=O)N(C)C2CN(c3ccc(C4CC4)nn3)C2)cc1C. The number of aryl methyl sites for hydroxylation is 2. The Kier molecular flexibility index (Phi) is 4.23. The predicted molar refractivity (Wildman–Crippen MR) is 101 cm³/mol. The van der Waals surface area contributed by atoms with E-state index in [1.54, 1.807) is 19.2 Å². The van der Waals surface area contributed by atoms with E-state index >= 15 is 0 Å². The standard InChI is InChI=1S/C19H24N4O2S/c1-13-4-7-17(10-14(13)2)26(24,25)22(3)16-11-23(12-16)19-9-8-18(20-21-19)15-5-6-15/h4,7-10,15-16H,5-6,11-12H2,1-3H3. The highest BCUT2D eigenvalue weighted by Gasteiger charge is 2.37. The second-order valence-electron chi connectivity index (χ2n) is 7.42. The molecule has 0 bridgehead atoms. The molecule has 26 heavy (non-hydrogen) atoms. The third-order valence-corrected chi connectivity index (χ3v) is 7.43. The number of rotatable bonds is 5. The maximum atomic E-state index is 12.9. The Balaban J connectivity index is 1.43. The number of likely N-dealkylation sites (N-methyl/N-ethyl adjacent to an activating group) is 1. The Hall–Kier alpha value is -1.99. The average molecular weight is 372 g/mol. The van der Waals surface area contributed by atoms with E-state index in [9.17, 15) is 8.42 Å². The van der Waals surface area contributed by atoms with E-state index in [1.807, 2.05) is 32.0 Å². The number of nitrogens with zero attached hydrogens (tertiary/aromatic N) is 4. The maximum Gasteiger partial charge on any atom is 0.243 e. The topological polar surface area (TPSA) is 66.4 Å². The van der Waals surface area contributed by atoms with Crippen molar-refractivity contribution in [2.75, 3.05) is 25.0 Å². The van der Waals surface area contributed by atoms with Gasteiger partial charge < -0.3 is 4.90 Å². The van der Waals surface area contributed by atoms with E-state index in [1.165, 1.54) is 17.1 Å². The van der Waals surface area contributed by atoms with Crippen LogP contribution < -0.4 is 4.90 Å². The highest BCUT2D eigenvalue weighted by molar-refractivity contribution is 7.89. The van der Waals surface area contributed by atoms with Gasteiger partial charge in [0.15, 0.2) is 5.82 Å². The van der Waals surface area contributed by atoms with Crippen molar-refractivity contribution in [2.45, 2.75) is 43.5 Å². The molecule has 0 radical (unpaired) electrons. The van der Waals surface area contributed by atoms with E-state index < -0.39 is 10.0 Å². The van der Waals surface area contributed by atoms with Crippen molar-refractivity contribution < 1.29 is 8.42 Å². The molecule has 2 aromatic rings. The fourth-order valence-electron chi connectivity index (χ4n) is 3.21. The van der Waals surface area contributed by atoms with Crippen LogP contribution in [0.4, 0.5) is 5.82 Å². The van der Waals surface area contributed by atoms with E-state index in [0.29, 0.717) is 23.9 Å². The molecule has 1 aliphatic carbocycles. The van der Waals surface area contributed by atoms with Gasteiger partial charge in [-0.2, -0.15) is 9.40 Å². The van der Waals surface area contributed by atoms with Gasteiger partial charge in [-0.15, -0.1) is 5.10 Å². The molecular formula is C19H24N4O2S. The monoisotopic (exact) mass is 372 g/mol. The first-order chi connectivity index (χ1) is 12.4. The summed E-state index contributed by atoms with van der Waals surface area (Å²) in [5.41, 5.74) is 3.15. The molecular weight excluding hydrogens is 348 g/mol. The van der Waals surface area contributed by atoms with Crippen LogP contribution in [-0.2, 0) is 10.0 Å². The number of hydrogen-bond acceptors (Lipinski definition) is 5. The highest BCUT2D eigenvalue weighted by atomic mass is 32.2. The van der Waals surface area contributed by atoms with Gasteiger partial charge in [0.1, 0.15) is 0 Å². The van der Waals surface area contributed by atoms with E-state index in [2.05, 4.69) is 15.1 Å². The van der Waals surface area contributed by atoms with Crippen molar-refractivity contribution in [3.8, 4) is 0 Å². The molecule has 138 valence electrons. The lowest BCUT2D eigenvalue weighted by Crippen LogP contribution is -2.60.